The predicted octanol–water partition coefficient (Wildman–Crippen LogP) is 6.45. The summed E-state index contributed by atoms with van der Waals surface area (Å²) in [6.45, 7) is 12.7. The molecule has 0 aliphatic heterocycles. The van der Waals surface area contributed by atoms with Gasteiger partial charge in [0.05, 0.1) is 0 Å². The van der Waals surface area contributed by atoms with Crippen molar-refractivity contribution < 1.29 is 0 Å². The molecule has 0 amide bonds. The Hall–Kier alpha value is 0. The summed E-state index contributed by atoms with van der Waals surface area (Å²) >= 11 is 0. The van der Waals surface area contributed by atoms with Crippen LogP contribution < -0.4 is 0 Å². The Bertz CT molecular complexity index is 80.6. The minimum absolute atomic E-state index is 1.05. The molecule has 2 fully saturated rings. The first-order valence-corrected chi connectivity index (χ1v) is 7.79. The molecule has 2 aliphatic rings. The van der Waals surface area contributed by atoms with Crippen molar-refractivity contribution >= 4 is 0 Å². The number of hydrogen-bond acceptors (Lipinski definition) is 0. The van der Waals surface area contributed by atoms with Crippen molar-refractivity contribution in [3.63, 3.8) is 0 Å². The quantitative estimate of drug-likeness (QED) is 0.447. The van der Waals surface area contributed by atoms with Crippen molar-refractivity contribution in [2.45, 2.75) is 92.9 Å². The molecule has 0 radical (unpaired) electrons. The highest BCUT2D eigenvalue weighted by Gasteiger charge is 2.07. The molecule has 0 nitrogen and oxygen atoms in total. The summed E-state index contributed by atoms with van der Waals surface area (Å²) in [5.74, 6) is 2.09. The first-order chi connectivity index (χ1) is 7.79. The van der Waals surface area contributed by atoms with E-state index >= 15 is 0 Å². The van der Waals surface area contributed by atoms with Gasteiger partial charge in [0.15, 0.2) is 0 Å². The van der Waals surface area contributed by atoms with Gasteiger partial charge in [-0.1, -0.05) is 92.9 Å². The van der Waals surface area contributed by atoms with Gasteiger partial charge in [-0.05, 0) is 11.8 Å². The normalized spacial score (nSPS) is 19.9. The van der Waals surface area contributed by atoms with Crippen LogP contribution in [0.1, 0.15) is 92.9 Å². The molecule has 0 heteroatoms. The van der Waals surface area contributed by atoms with Crippen molar-refractivity contribution in [3.8, 4) is 0 Å². The summed E-state index contributed by atoms with van der Waals surface area (Å²) in [6.07, 6.45) is 11.9. The Labute approximate surface area is 105 Å². The second-order valence-corrected chi connectivity index (χ2v) is 4.78. The third kappa shape index (κ3) is 12.1. The van der Waals surface area contributed by atoms with E-state index in [0.717, 1.165) is 11.8 Å². The lowest BCUT2D eigenvalue weighted by molar-refractivity contribution is 0.612. The van der Waals surface area contributed by atoms with Gasteiger partial charge in [-0.3, -0.25) is 0 Å². The second-order valence-electron chi connectivity index (χ2n) is 4.78. The molecule has 0 N–H and O–H groups in total. The molecule has 0 heterocycles. The SMILES string of the molecule is CC.CC.CC1CCCC1.CC1CCCC1. The second kappa shape index (κ2) is 15.0. The maximum atomic E-state index is 2.34. The number of hydrogen-bond donors (Lipinski definition) is 0. The molecular formula is C16H36. The minimum atomic E-state index is 1.05. The Morgan fingerprint density at radius 1 is 0.500 bits per heavy atom. The van der Waals surface area contributed by atoms with Gasteiger partial charge in [0, 0.05) is 0 Å². The summed E-state index contributed by atoms with van der Waals surface area (Å²) in [5.41, 5.74) is 0. The molecule has 0 aromatic heterocycles. The Kier molecular flexibility index (Phi) is 17.2. The highest BCUT2D eigenvalue weighted by Crippen LogP contribution is 2.23. The molecule has 0 aromatic rings. The lowest BCUT2D eigenvalue weighted by Crippen LogP contribution is -1.78. The molecule has 2 saturated carbocycles. The van der Waals surface area contributed by atoms with Gasteiger partial charge >= 0.3 is 0 Å². The van der Waals surface area contributed by atoms with Crippen LogP contribution in [-0.2, 0) is 0 Å². The summed E-state index contributed by atoms with van der Waals surface area (Å²) in [4.78, 5) is 0. The van der Waals surface area contributed by atoms with Crippen LogP contribution >= 0.6 is 0 Å². The first-order valence-electron chi connectivity index (χ1n) is 7.79. The fraction of sp³-hybridized carbons (Fsp3) is 1.00. The smallest absolute Gasteiger partial charge is 0.0443 e. The van der Waals surface area contributed by atoms with Crippen LogP contribution in [0.25, 0.3) is 0 Å². The topological polar surface area (TPSA) is 0 Å². The van der Waals surface area contributed by atoms with Crippen molar-refractivity contribution in [2.24, 2.45) is 11.8 Å². The van der Waals surface area contributed by atoms with Crippen LogP contribution in [0.5, 0.6) is 0 Å². The molecule has 0 unspecified atom stereocenters. The maximum absolute atomic E-state index is 2.34. The highest BCUT2D eigenvalue weighted by atomic mass is 14.1. The minimum Gasteiger partial charge on any atom is -0.0683 e. The van der Waals surface area contributed by atoms with Crippen molar-refractivity contribution in [1.82, 2.24) is 0 Å². The third-order valence-corrected chi connectivity index (χ3v) is 3.29. The van der Waals surface area contributed by atoms with Gasteiger partial charge in [-0.15, -0.1) is 0 Å². The van der Waals surface area contributed by atoms with Crippen molar-refractivity contribution in [1.29, 1.82) is 0 Å². The Morgan fingerprint density at radius 3 is 0.750 bits per heavy atom. The van der Waals surface area contributed by atoms with Gasteiger partial charge in [-0.25, -0.2) is 0 Å². The molecule has 0 bridgehead atoms. The van der Waals surface area contributed by atoms with Crippen molar-refractivity contribution in [2.75, 3.05) is 0 Å². The molecule has 0 spiro atoms. The van der Waals surface area contributed by atoms with Crippen LogP contribution in [0.3, 0.4) is 0 Å². The summed E-state index contributed by atoms with van der Waals surface area (Å²) in [5, 5.41) is 0. The van der Waals surface area contributed by atoms with Crippen LogP contribution in [0.4, 0.5) is 0 Å². The fourth-order valence-corrected chi connectivity index (χ4v) is 2.26. The van der Waals surface area contributed by atoms with Gasteiger partial charge in [0.2, 0.25) is 0 Å². The molecule has 0 aromatic carbocycles. The standard InChI is InChI=1S/2C6H12.2C2H6/c2*1-6-4-2-3-5-6;2*1-2/h2*6H,2-5H2,1H3;2*1-2H3. The third-order valence-electron chi connectivity index (χ3n) is 3.29. The summed E-state index contributed by atoms with van der Waals surface area (Å²) in [6, 6.07) is 0. The van der Waals surface area contributed by atoms with E-state index in [4.69, 9.17) is 0 Å². The zero-order valence-electron chi connectivity index (χ0n) is 12.8. The Morgan fingerprint density at radius 2 is 0.688 bits per heavy atom. The van der Waals surface area contributed by atoms with E-state index in [1.165, 1.54) is 51.4 Å². The molecule has 16 heavy (non-hydrogen) atoms. The van der Waals surface area contributed by atoms with Gasteiger partial charge in [0.25, 0.3) is 0 Å². The maximum Gasteiger partial charge on any atom is -0.0443 e. The average Bonchev–Trinajstić information content (AvgIpc) is 2.98. The average molecular weight is 228 g/mol. The molecular weight excluding hydrogens is 192 g/mol. The molecule has 0 saturated heterocycles. The van der Waals surface area contributed by atoms with Gasteiger partial charge in [-0.2, -0.15) is 0 Å². The first kappa shape index (κ1) is 18.4. The van der Waals surface area contributed by atoms with Gasteiger partial charge < -0.3 is 0 Å². The lowest BCUT2D eigenvalue weighted by atomic mass is 10.2. The van der Waals surface area contributed by atoms with Crippen LogP contribution in [-0.4, -0.2) is 0 Å². The largest absolute Gasteiger partial charge is 0.0683 e. The lowest BCUT2D eigenvalue weighted by Gasteiger charge is -1.91. The summed E-state index contributed by atoms with van der Waals surface area (Å²) in [7, 11) is 0. The van der Waals surface area contributed by atoms with Crippen LogP contribution in [0, 0.1) is 11.8 Å². The highest BCUT2D eigenvalue weighted by molar-refractivity contribution is 4.61. The van der Waals surface area contributed by atoms with E-state index in [1.807, 2.05) is 27.7 Å². The zero-order valence-corrected chi connectivity index (χ0v) is 12.8. The number of rotatable bonds is 0. The summed E-state index contributed by atoms with van der Waals surface area (Å²) < 4.78 is 0. The van der Waals surface area contributed by atoms with Gasteiger partial charge in [0.1, 0.15) is 0 Å². The van der Waals surface area contributed by atoms with Crippen molar-refractivity contribution in [3.05, 3.63) is 0 Å². The molecule has 2 aliphatic carbocycles. The van der Waals surface area contributed by atoms with E-state index in [2.05, 4.69) is 13.8 Å². The predicted molar refractivity (Wildman–Crippen MR) is 78.0 cm³/mol. The molecule has 0 atom stereocenters. The van der Waals surface area contributed by atoms with E-state index in [1.54, 1.807) is 0 Å². The van der Waals surface area contributed by atoms with E-state index in [-0.39, 0.29) is 0 Å². The van der Waals surface area contributed by atoms with E-state index in [9.17, 15) is 0 Å². The van der Waals surface area contributed by atoms with Crippen LogP contribution in [0.15, 0.2) is 0 Å². The Balaban J connectivity index is 0. The van der Waals surface area contributed by atoms with Crippen LogP contribution in [0.2, 0.25) is 0 Å². The molecule has 2 rings (SSSR count). The van der Waals surface area contributed by atoms with E-state index in [0.29, 0.717) is 0 Å². The zero-order chi connectivity index (χ0) is 12.8. The monoisotopic (exact) mass is 228 g/mol. The molecule has 100 valence electrons. The van der Waals surface area contributed by atoms with E-state index < -0.39 is 0 Å². The fourth-order valence-electron chi connectivity index (χ4n) is 2.26.